The van der Waals surface area contributed by atoms with Gasteiger partial charge in [0.15, 0.2) is 0 Å². The third-order valence-corrected chi connectivity index (χ3v) is 1.14. The van der Waals surface area contributed by atoms with Crippen LogP contribution >= 0.6 is 12.6 Å². The van der Waals surface area contributed by atoms with Gasteiger partial charge in [0, 0.05) is 11.1 Å². The van der Waals surface area contributed by atoms with E-state index in [0.717, 1.165) is 4.90 Å². The fraction of sp³-hybridized carbons (Fsp3) is 0. The molecule has 0 N–H and O–H groups in total. The molecule has 1 heterocycles. The van der Waals surface area contributed by atoms with Crippen molar-refractivity contribution in [3.63, 3.8) is 0 Å². The normalized spacial score (nSPS) is 8.44. The van der Waals surface area contributed by atoms with Crippen molar-refractivity contribution >= 4 is 12.6 Å². The van der Waals surface area contributed by atoms with Crippen LogP contribution in [0.4, 0.5) is 0 Å². The van der Waals surface area contributed by atoms with E-state index in [2.05, 4.69) is 17.6 Å². The minimum absolute atomic E-state index is 0.405. The summed E-state index contributed by atoms with van der Waals surface area (Å²) >= 11 is 4.02. The Kier molecular flexibility index (Phi) is 1.71. The van der Waals surface area contributed by atoms with E-state index in [1.54, 1.807) is 18.3 Å². The Morgan fingerprint density at radius 3 is 2.89 bits per heavy atom. The van der Waals surface area contributed by atoms with Crippen LogP contribution in [0.1, 0.15) is 5.69 Å². The fourth-order valence-electron chi connectivity index (χ4n) is 0.481. The van der Waals surface area contributed by atoms with Crippen molar-refractivity contribution in [3.05, 3.63) is 24.0 Å². The molecule has 0 unspecified atom stereocenters. The average molecular weight is 136 g/mol. The highest BCUT2D eigenvalue weighted by Crippen LogP contribution is 2.03. The molecule has 0 bridgehead atoms. The lowest BCUT2D eigenvalue weighted by atomic mass is 10.4. The fourth-order valence-corrected chi connectivity index (χ4v) is 0.669. The van der Waals surface area contributed by atoms with Gasteiger partial charge in [-0.15, -0.1) is 12.6 Å². The van der Waals surface area contributed by atoms with Crippen molar-refractivity contribution in [2.75, 3.05) is 0 Å². The minimum Gasteiger partial charge on any atom is -0.245 e. The molecule has 1 aromatic heterocycles. The highest BCUT2D eigenvalue weighted by atomic mass is 32.1. The zero-order valence-corrected chi connectivity index (χ0v) is 5.47. The molecule has 44 valence electrons. The minimum atomic E-state index is 0.405. The summed E-state index contributed by atoms with van der Waals surface area (Å²) < 4.78 is 0. The molecule has 1 rings (SSSR count). The van der Waals surface area contributed by atoms with Gasteiger partial charge in [-0.3, -0.25) is 0 Å². The van der Waals surface area contributed by atoms with Crippen LogP contribution in [0.5, 0.6) is 0 Å². The number of nitrogens with zero attached hydrogens (tertiary/aromatic N) is 2. The molecule has 1 aromatic rings. The molecule has 9 heavy (non-hydrogen) atoms. The van der Waals surface area contributed by atoms with Crippen LogP contribution in [0.15, 0.2) is 23.2 Å². The first-order valence-electron chi connectivity index (χ1n) is 2.38. The Bertz CT molecular complexity index is 251. The van der Waals surface area contributed by atoms with Gasteiger partial charge in [-0.1, -0.05) is 0 Å². The van der Waals surface area contributed by atoms with Crippen molar-refractivity contribution in [1.82, 2.24) is 4.98 Å². The van der Waals surface area contributed by atoms with Gasteiger partial charge in [-0.05, 0) is 12.1 Å². The summed E-state index contributed by atoms with van der Waals surface area (Å²) in [5.74, 6) is 0. The molecule has 0 saturated heterocycles. The van der Waals surface area contributed by atoms with Crippen LogP contribution in [-0.4, -0.2) is 4.98 Å². The van der Waals surface area contributed by atoms with Gasteiger partial charge in [-0.2, -0.15) is 5.26 Å². The summed E-state index contributed by atoms with van der Waals surface area (Å²) in [6.07, 6.45) is 1.56. The maximum Gasteiger partial charge on any atom is 0.141 e. The maximum absolute atomic E-state index is 8.32. The number of rotatable bonds is 0. The topological polar surface area (TPSA) is 36.7 Å². The Labute approximate surface area is 58.6 Å². The predicted octanol–water partition coefficient (Wildman–Crippen LogP) is 1.24. The van der Waals surface area contributed by atoms with Gasteiger partial charge in [0.05, 0.1) is 0 Å². The first kappa shape index (κ1) is 6.12. The van der Waals surface area contributed by atoms with Crippen LogP contribution in [0.2, 0.25) is 0 Å². The van der Waals surface area contributed by atoms with Gasteiger partial charge in [0.25, 0.3) is 0 Å². The van der Waals surface area contributed by atoms with E-state index in [1.165, 1.54) is 0 Å². The highest BCUT2D eigenvalue weighted by molar-refractivity contribution is 7.80. The third kappa shape index (κ3) is 1.44. The van der Waals surface area contributed by atoms with E-state index in [-0.39, 0.29) is 0 Å². The molecule has 0 saturated carbocycles. The quantitative estimate of drug-likeness (QED) is 0.545. The van der Waals surface area contributed by atoms with E-state index in [4.69, 9.17) is 5.26 Å². The Balaban J connectivity index is 3.12. The average Bonchev–Trinajstić information content (AvgIpc) is 1.88. The van der Waals surface area contributed by atoms with Gasteiger partial charge >= 0.3 is 0 Å². The summed E-state index contributed by atoms with van der Waals surface area (Å²) in [4.78, 5) is 4.51. The smallest absolute Gasteiger partial charge is 0.141 e. The van der Waals surface area contributed by atoms with E-state index in [9.17, 15) is 0 Å². The van der Waals surface area contributed by atoms with Gasteiger partial charge in [0.2, 0.25) is 0 Å². The molecule has 0 fully saturated rings. The summed E-state index contributed by atoms with van der Waals surface area (Å²) in [7, 11) is 0. The lowest BCUT2D eigenvalue weighted by Crippen LogP contribution is -1.78. The molecule has 0 aliphatic carbocycles. The second-order valence-corrected chi connectivity index (χ2v) is 2.03. The molecule has 3 heteroatoms. The zero-order chi connectivity index (χ0) is 6.69. The van der Waals surface area contributed by atoms with Crippen LogP contribution < -0.4 is 0 Å². The van der Waals surface area contributed by atoms with E-state index in [1.807, 2.05) is 6.07 Å². The monoisotopic (exact) mass is 136 g/mol. The van der Waals surface area contributed by atoms with Crippen LogP contribution in [0, 0.1) is 11.3 Å². The SMILES string of the molecule is N#Cc1cc(S)ccn1. The maximum atomic E-state index is 8.32. The Morgan fingerprint density at radius 2 is 2.44 bits per heavy atom. The lowest BCUT2D eigenvalue weighted by Gasteiger charge is -1.87. The number of pyridine rings is 1. The van der Waals surface area contributed by atoms with Crippen LogP contribution in [0.3, 0.4) is 0 Å². The molecule has 2 nitrogen and oxygen atoms in total. The number of aromatic nitrogens is 1. The number of nitriles is 1. The van der Waals surface area contributed by atoms with Crippen LogP contribution in [-0.2, 0) is 0 Å². The molecular weight excluding hydrogens is 132 g/mol. The summed E-state index contributed by atoms with van der Waals surface area (Å²) in [6, 6.07) is 5.25. The molecule has 0 aliphatic rings. The summed E-state index contributed by atoms with van der Waals surface area (Å²) in [5, 5.41) is 8.32. The Hall–Kier alpha value is -1.01. The number of hydrogen-bond donors (Lipinski definition) is 1. The second-order valence-electron chi connectivity index (χ2n) is 1.51. The van der Waals surface area contributed by atoms with E-state index < -0.39 is 0 Å². The largest absolute Gasteiger partial charge is 0.245 e. The number of hydrogen-bond acceptors (Lipinski definition) is 3. The zero-order valence-electron chi connectivity index (χ0n) is 4.57. The molecule has 0 aromatic carbocycles. The molecule has 0 spiro atoms. The summed E-state index contributed by atoms with van der Waals surface area (Å²) in [6.45, 7) is 0. The van der Waals surface area contributed by atoms with Gasteiger partial charge in [-0.25, -0.2) is 4.98 Å². The molecular formula is C6H4N2S. The molecule has 0 radical (unpaired) electrons. The van der Waals surface area contributed by atoms with Crippen molar-refractivity contribution < 1.29 is 0 Å². The molecule has 0 atom stereocenters. The summed E-state index contributed by atoms with van der Waals surface area (Å²) in [5.41, 5.74) is 0.405. The molecule has 0 aliphatic heterocycles. The van der Waals surface area contributed by atoms with Crippen molar-refractivity contribution in [2.45, 2.75) is 4.90 Å². The third-order valence-electron chi connectivity index (χ3n) is 0.858. The Morgan fingerprint density at radius 1 is 1.67 bits per heavy atom. The van der Waals surface area contributed by atoms with Crippen molar-refractivity contribution in [3.8, 4) is 6.07 Å². The highest BCUT2D eigenvalue weighted by Gasteiger charge is 1.88. The number of thiol groups is 1. The van der Waals surface area contributed by atoms with Crippen LogP contribution in [0.25, 0.3) is 0 Å². The van der Waals surface area contributed by atoms with E-state index in [0.29, 0.717) is 5.69 Å². The second kappa shape index (κ2) is 2.51. The first-order chi connectivity index (χ1) is 4.33. The lowest BCUT2D eigenvalue weighted by molar-refractivity contribution is 1.22. The first-order valence-corrected chi connectivity index (χ1v) is 2.83. The van der Waals surface area contributed by atoms with Crippen molar-refractivity contribution in [1.29, 1.82) is 5.26 Å². The van der Waals surface area contributed by atoms with Crippen molar-refractivity contribution in [2.24, 2.45) is 0 Å². The molecule has 0 amide bonds. The van der Waals surface area contributed by atoms with E-state index >= 15 is 0 Å². The van der Waals surface area contributed by atoms with Gasteiger partial charge < -0.3 is 0 Å². The standard InChI is InChI=1S/C6H4N2S/c7-4-5-3-6(9)1-2-8-5/h1-3H,(H,8,9). The van der Waals surface area contributed by atoms with Gasteiger partial charge in [0.1, 0.15) is 11.8 Å². The predicted molar refractivity (Wildman–Crippen MR) is 36.2 cm³/mol.